The van der Waals surface area contributed by atoms with Crippen molar-refractivity contribution in [3.05, 3.63) is 84.1 Å². The van der Waals surface area contributed by atoms with Crippen molar-refractivity contribution in [2.45, 2.75) is 32.2 Å². The van der Waals surface area contributed by atoms with E-state index >= 15 is 0 Å². The van der Waals surface area contributed by atoms with Crippen LogP contribution in [0.4, 0.5) is 4.39 Å². The van der Waals surface area contributed by atoms with Crippen LogP contribution in [-0.4, -0.2) is 51.0 Å². The summed E-state index contributed by atoms with van der Waals surface area (Å²) in [7, 11) is 3.53. The van der Waals surface area contributed by atoms with Crippen LogP contribution in [0.1, 0.15) is 37.1 Å². The van der Waals surface area contributed by atoms with Crippen LogP contribution in [0, 0.1) is 5.82 Å². The Bertz CT molecular complexity index is 1130. The first-order chi connectivity index (χ1) is 18.5. The molecule has 0 spiro atoms. The molecule has 1 aromatic carbocycles. The molecular formula is C29H38FN5O3. The number of fused-ring (bicyclic) bond motifs is 1. The molecule has 0 fully saturated rings. The summed E-state index contributed by atoms with van der Waals surface area (Å²) in [6.07, 6.45) is 10.1. The van der Waals surface area contributed by atoms with E-state index in [1.54, 1.807) is 43.8 Å². The van der Waals surface area contributed by atoms with E-state index in [0.717, 1.165) is 53.9 Å². The number of aromatic nitrogens is 1. The van der Waals surface area contributed by atoms with Crippen molar-refractivity contribution in [3.63, 3.8) is 0 Å². The van der Waals surface area contributed by atoms with Crippen molar-refractivity contribution in [3.8, 4) is 17.0 Å². The fraction of sp³-hybridized carbons (Fsp3) is 0.345. The molecule has 0 aliphatic carbocycles. The van der Waals surface area contributed by atoms with E-state index < -0.39 is 0 Å². The molecule has 9 heteroatoms. The van der Waals surface area contributed by atoms with Gasteiger partial charge in [-0.3, -0.25) is 9.79 Å². The Morgan fingerprint density at radius 3 is 2.74 bits per heavy atom. The van der Waals surface area contributed by atoms with E-state index in [9.17, 15) is 9.18 Å². The summed E-state index contributed by atoms with van der Waals surface area (Å²) in [5.41, 5.74) is 10.7. The predicted octanol–water partition coefficient (Wildman–Crippen LogP) is 4.25. The molecule has 2 aromatic rings. The smallest absolute Gasteiger partial charge is 0.207 e. The maximum atomic E-state index is 13.2. The summed E-state index contributed by atoms with van der Waals surface area (Å²) >= 11 is 0. The summed E-state index contributed by atoms with van der Waals surface area (Å²) in [6, 6.07) is 7.96. The molecule has 1 atom stereocenters. The van der Waals surface area contributed by atoms with Gasteiger partial charge in [0.05, 0.1) is 12.6 Å². The molecule has 8 nitrogen and oxygen atoms in total. The number of nitrogens with two attached hydrogens (primary N) is 1. The molecule has 1 aliphatic rings. The Labute approximate surface area is 224 Å². The lowest BCUT2D eigenvalue weighted by Gasteiger charge is -2.12. The number of pyridine rings is 1. The standard InChI is InChI=1S/C17H18FN3O2.C12H20N2O/c1-19-7-6-13-8-14-15(20-10-22)9-23-17(14)16(21-13)11-2-4-12(18)5-3-11;1-4-6-8-14-12(7-5-2)11(9-13)10-15-3/h2-5,8,10,15,19H,6-7,9H2,1H3,(H,20,22);4,6,8-9H,1,5,7,10,13H2,2-3H3/b;8-6-,11-9-,14-12-. The van der Waals surface area contributed by atoms with E-state index in [4.69, 9.17) is 15.2 Å². The van der Waals surface area contributed by atoms with Gasteiger partial charge in [0.15, 0.2) is 5.75 Å². The van der Waals surface area contributed by atoms with Crippen LogP contribution < -0.4 is 21.1 Å². The molecule has 1 amide bonds. The van der Waals surface area contributed by atoms with Crippen molar-refractivity contribution < 1.29 is 18.7 Å². The maximum Gasteiger partial charge on any atom is 0.207 e. The van der Waals surface area contributed by atoms with Gasteiger partial charge in [-0.25, -0.2) is 9.37 Å². The fourth-order valence-corrected chi connectivity index (χ4v) is 3.80. The summed E-state index contributed by atoms with van der Waals surface area (Å²) in [4.78, 5) is 19.8. The number of hydrogen-bond donors (Lipinski definition) is 3. The van der Waals surface area contributed by atoms with Crippen LogP contribution in [0.2, 0.25) is 0 Å². The van der Waals surface area contributed by atoms with Crippen LogP contribution in [0.5, 0.6) is 5.75 Å². The number of amides is 1. The highest BCUT2D eigenvalue weighted by molar-refractivity contribution is 6.00. The summed E-state index contributed by atoms with van der Waals surface area (Å²) in [5, 5.41) is 5.86. The van der Waals surface area contributed by atoms with Gasteiger partial charge >= 0.3 is 0 Å². The third kappa shape index (κ3) is 8.93. The van der Waals surface area contributed by atoms with Crippen molar-refractivity contribution in [2.24, 2.45) is 10.7 Å². The Kier molecular flexibility index (Phi) is 13.5. The molecule has 0 saturated heterocycles. The molecule has 1 unspecified atom stereocenters. The van der Waals surface area contributed by atoms with Gasteiger partial charge in [-0.05, 0) is 49.9 Å². The van der Waals surface area contributed by atoms with Gasteiger partial charge in [0.2, 0.25) is 6.41 Å². The number of hydrogen-bond acceptors (Lipinski definition) is 7. The second-order valence-electron chi connectivity index (χ2n) is 8.42. The van der Waals surface area contributed by atoms with Crippen LogP contribution in [-0.2, 0) is 16.0 Å². The van der Waals surface area contributed by atoms with E-state index in [2.05, 4.69) is 34.1 Å². The Hall–Kier alpha value is -3.82. The van der Waals surface area contributed by atoms with Crippen LogP contribution in [0.15, 0.2) is 72.0 Å². The molecule has 3 rings (SSSR count). The number of carbonyl (C=O) groups excluding carboxylic acids is 1. The minimum absolute atomic E-state index is 0.182. The predicted molar refractivity (Wildman–Crippen MR) is 151 cm³/mol. The van der Waals surface area contributed by atoms with Crippen molar-refractivity contribution in [1.82, 2.24) is 15.6 Å². The topological polar surface area (TPSA) is 111 Å². The van der Waals surface area contributed by atoms with E-state index in [-0.39, 0.29) is 11.9 Å². The minimum Gasteiger partial charge on any atom is -0.488 e. The minimum atomic E-state index is -0.293. The molecule has 1 aromatic heterocycles. The molecule has 4 N–H and O–H groups in total. The van der Waals surface area contributed by atoms with Crippen molar-refractivity contribution >= 4 is 12.1 Å². The van der Waals surface area contributed by atoms with E-state index in [1.165, 1.54) is 12.1 Å². The number of ether oxygens (including phenoxy) is 2. The zero-order valence-electron chi connectivity index (χ0n) is 22.4. The molecule has 0 saturated carbocycles. The van der Waals surface area contributed by atoms with Gasteiger partial charge in [-0.2, -0.15) is 0 Å². The zero-order chi connectivity index (χ0) is 27.8. The Balaban J connectivity index is 0.000000296. The van der Waals surface area contributed by atoms with Crippen LogP contribution >= 0.6 is 0 Å². The number of nitrogens with zero attached hydrogens (tertiary/aromatic N) is 2. The number of allylic oxidation sites excluding steroid dienone is 2. The first-order valence-electron chi connectivity index (χ1n) is 12.5. The third-order valence-electron chi connectivity index (χ3n) is 5.65. The molecule has 2 heterocycles. The fourth-order valence-electron chi connectivity index (χ4n) is 3.80. The highest BCUT2D eigenvalue weighted by Crippen LogP contribution is 2.40. The average Bonchev–Trinajstić information content (AvgIpc) is 3.33. The van der Waals surface area contributed by atoms with Gasteiger partial charge in [-0.1, -0.05) is 26.0 Å². The molecule has 0 radical (unpaired) electrons. The number of nitrogens with one attached hydrogen (secondary N) is 2. The van der Waals surface area contributed by atoms with Gasteiger partial charge in [0, 0.05) is 60.6 Å². The number of carbonyl (C=O) groups is 1. The van der Waals surface area contributed by atoms with Gasteiger partial charge in [0.1, 0.15) is 18.1 Å². The highest BCUT2D eigenvalue weighted by atomic mass is 19.1. The van der Waals surface area contributed by atoms with Gasteiger partial charge < -0.3 is 25.8 Å². The number of aliphatic imine (C=N–C) groups is 1. The Morgan fingerprint density at radius 1 is 1.37 bits per heavy atom. The normalized spacial score (nSPS) is 14.9. The SMILES string of the molecule is C=C\C=C/N=C(CCC)\C(=C/N)COC.CNCCc1cc2c(c(-c3ccc(F)cc3)n1)OCC2NC=O. The van der Waals surface area contributed by atoms with Crippen LogP contribution in [0.25, 0.3) is 11.3 Å². The second kappa shape index (κ2) is 16.8. The summed E-state index contributed by atoms with van der Waals surface area (Å²) in [6.45, 7) is 7.35. The Morgan fingerprint density at radius 2 is 2.13 bits per heavy atom. The zero-order valence-corrected chi connectivity index (χ0v) is 22.4. The first-order valence-corrected chi connectivity index (χ1v) is 12.5. The number of benzene rings is 1. The summed E-state index contributed by atoms with van der Waals surface area (Å²) in [5.74, 6) is 0.363. The third-order valence-corrected chi connectivity index (χ3v) is 5.65. The van der Waals surface area contributed by atoms with Crippen molar-refractivity contribution in [1.29, 1.82) is 0 Å². The monoisotopic (exact) mass is 523 g/mol. The van der Waals surface area contributed by atoms with Gasteiger partial charge in [-0.15, -0.1) is 0 Å². The maximum absolute atomic E-state index is 13.2. The largest absolute Gasteiger partial charge is 0.488 e. The van der Waals surface area contributed by atoms with Gasteiger partial charge in [0.25, 0.3) is 0 Å². The second-order valence-corrected chi connectivity index (χ2v) is 8.42. The van der Waals surface area contributed by atoms with Crippen LogP contribution in [0.3, 0.4) is 0 Å². The number of methoxy groups -OCH3 is 1. The van der Waals surface area contributed by atoms with E-state index in [0.29, 0.717) is 31.1 Å². The number of rotatable bonds is 13. The molecule has 38 heavy (non-hydrogen) atoms. The molecular weight excluding hydrogens is 485 g/mol. The van der Waals surface area contributed by atoms with Crippen molar-refractivity contribution in [2.75, 3.05) is 33.9 Å². The number of likely N-dealkylation sites (N-methyl/N-ethyl adjacent to an activating group) is 1. The first kappa shape index (κ1) is 30.4. The molecule has 0 bridgehead atoms. The lowest BCUT2D eigenvalue weighted by Crippen LogP contribution is -2.20. The lowest BCUT2D eigenvalue weighted by atomic mass is 10.0. The molecule has 204 valence electrons. The quantitative estimate of drug-likeness (QED) is 0.206. The highest BCUT2D eigenvalue weighted by Gasteiger charge is 2.28. The molecule has 1 aliphatic heterocycles. The summed E-state index contributed by atoms with van der Waals surface area (Å²) < 4.78 is 24.0. The van der Waals surface area contributed by atoms with E-state index in [1.807, 2.05) is 13.1 Å². The number of halogens is 1. The average molecular weight is 524 g/mol. The lowest BCUT2D eigenvalue weighted by molar-refractivity contribution is -0.110.